The van der Waals surface area contributed by atoms with Gasteiger partial charge in [0.2, 0.25) is 5.91 Å². The third-order valence-electron chi connectivity index (χ3n) is 2.34. The molecule has 2 aromatic rings. The fourth-order valence-corrected chi connectivity index (χ4v) is 2.28. The Kier molecular flexibility index (Phi) is 4.41. The Morgan fingerprint density at radius 3 is 2.74 bits per heavy atom. The highest BCUT2D eigenvalue weighted by atomic mass is 32.2. The Bertz CT molecular complexity index is 589. The average molecular weight is 276 g/mol. The fraction of sp³-hybridized carbons (Fsp3) is 0.0714. The molecule has 2 aromatic carbocycles. The van der Waals surface area contributed by atoms with Crippen LogP contribution in [0.15, 0.2) is 53.4 Å². The first kappa shape index (κ1) is 13.4. The van der Waals surface area contributed by atoms with Crippen LogP contribution in [0.3, 0.4) is 0 Å². The van der Waals surface area contributed by atoms with Crippen LogP contribution in [0.2, 0.25) is 0 Å². The van der Waals surface area contributed by atoms with Crippen LogP contribution < -0.4 is 11.1 Å². The Balaban J connectivity index is 1.88. The number of anilines is 2. The van der Waals surface area contributed by atoms with Gasteiger partial charge in [0, 0.05) is 16.3 Å². The maximum absolute atomic E-state index is 12.9. The molecule has 1 amide bonds. The van der Waals surface area contributed by atoms with Crippen molar-refractivity contribution in [2.45, 2.75) is 4.90 Å². The number of rotatable bonds is 4. The maximum Gasteiger partial charge on any atom is 0.234 e. The van der Waals surface area contributed by atoms with Gasteiger partial charge in [0.25, 0.3) is 0 Å². The smallest absolute Gasteiger partial charge is 0.234 e. The Morgan fingerprint density at radius 2 is 2.00 bits per heavy atom. The highest BCUT2D eigenvalue weighted by Gasteiger charge is 2.04. The lowest BCUT2D eigenvalue weighted by molar-refractivity contribution is -0.113. The van der Waals surface area contributed by atoms with Crippen molar-refractivity contribution in [3.05, 3.63) is 54.3 Å². The van der Waals surface area contributed by atoms with E-state index in [-0.39, 0.29) is 17.5 Å². The highest BCUT2D eigenvalue weighted by molar-refractivity contribution is 8.00. The van der Waals surface area contributed by atoms with E-state index < -0.39 is 0 Å². The van der Waals surface area contributed by atoms with E-state index in [2.05, 4.69) is 5.32 Å². The monoisotopic (exact) mass is 276 g/mol. The second kappa shape index (κ2) is 6.24. The summed E-state index contributed by atoms with van der Waals surface area (Å²) in [6, 6.07) is 13.1. The molecule has 0 saturated heterocycles. The summed E-state index contributed by atoms with van der Waals surface area (Å²) in [6.45, 7) is 0. The van der Waals surface area contributed by atoms with Gasteiger partial charge in [-0.3, -0.25) is 4.79 Å². The number of nitrogen functional groups attached to an aromatic ring is 1. The number of halogens is 1. The van der Waals surface area contributed by atoms with E-state index in [1.165, 1.54) is 23.9 Å². The van der Waals surface area contributed by atoms with Gasteiger partial charge in [0.15, 0.2) is 0 Å². The molecule has 0 spiro atoms. The molecule has 0 fully saturated rings. The van der Waals surface area contributed by atoms with Crippen molar-refractivity contribution in [1.82, 2.24) is 0 Å². The molecule has 19 heavy (non-hydrogen) atoms. The van der Waals surface area contributed by atoms with Crippen molar-refractivity contribution in [3.63, 3.8) is 0 Å². The van der Waals surface area contributed by atoms with Crippen molar-refractivity contribution < 1.29 is 9.18 Å². The molecule has 0 unspecified atom stereocenters. The van der Waals surface area contributed by atoms with E-state index in [0.717, 1.165) is 4.90 Å². The number of thioether (sulfide) groups is 1. The number of nitrogens with two attached hydrogens (primary N) is 1. The van der Waals surface area contributed by atoms with Crippen molar-refractivity contribution >= 4 is 29.0 Å². The standard InChI is InChI=1S/C14H13FN2OS/c15-10-3-1-5-12(7-10)17-14(18)9-19-13-6-2-4-11(16)8-13/h1-8H,9,16H2,(H,17,18). The molecule has 3 N–H and O–H groups in total. The molecule has 98 valence electrons. The van der Waals surface area contributed by atoms with Crippen LogP contribution in [-0.2, 0) is 4.79 Å². The first-order chi connectivity index (χ1) is 9.13. The van der Waals surface area contributed by atoms with E-state index in [9.17, 15) is 9.18 Å². The molecule has 2 rings (SSSR count). The lowest BCUT2D eigenvalue weighted by Gasteiger charge is -2.05. The van der Waals surface area contributed by atoms with E-state index in [0.29, 0.717) is 11.4 Å². The predicted octanol–water partition coefficient (Wildman–Crippen LogP) is 3.14. The number of carbonyl (C=O) groups is 1. The van der Waals surface area contributed by atoms with Gasteiger partial charge in [-0.1, -0.05) is 12.1 Å². The summed E-state index contributed by atoms with van der Waals surface area (Å²) in [5, 5.41) is 2.64. The van der Waals surface area contributed by atoms with E-state index in [1.807, 2.05) is 12.1 Å². The van der Waals surface area contributed by atoms with Crippen molar-refractivity contribution in [2.75, 3.05) is 16.8 Å². The van der Waals surface area contributed by atoms with Crippen LogP contribution in [0, 0.1) is 5.82 Å². The van der Waals surface area contributed by atoms with E-state index >= 15 is 0 Å². The molecule has 0 aliphatic rings. The van der Waals surface area contributed by atoms with Crippen molar-refractivity contribution in [3.8, 4) is 0 Å². The molecular formula is C14H13FN2OS. The van der Waals surface area contributed by atoms with Gasteiger partial charge >= 0.3 is 0 Å². The minimum atomic E-state index is -0.374. The van der Waals surface area contributed by atoms with Crippen LogP contribution in [0.4, 0.5) is 15.8 Å². The average Bonchev–Trinajstić information content (AvgIpc) is 2.36. The molecule has 0 saturated carbocycles. The molecule has 5 heteroatoms. The van der Waals surface area contributed by atoms with Gasteiger partial charge in [-0.2, -0.15) is 0 Å². The topological polar surface area (TPSA) is 55.1 Å². The molecule has 0 aromatic heterocycles. The predicted molar refractivity (Wildman–Crippen MR) is 76.6 cm³/mol. The Labute approximate surface area is 115 Å². The molecule has 0 aliphatic heterocycles. The first-order valence-corrected chi connectivity index (χ1v) is 6.66. The minimum Gasteiger partial charge on any atom is -0.399 e. The number of nitrogens with one attached hydrogen (secondary N) is 1. The zero-order valence-corrected chi connectivity index (χ0v) is 10.9. The molecular weight excluding hydrogens is 263 g/mol. The normalized spacial score (nSPS) is 10.2. The molecule has 0 atom stereocenters. The van der Waals surface area contributed by atoms with Gasteiger partial charge in [0.05, 0.1) is 5.75 Å². The van der Waals surface area contributed by atoms with E-state index in [1.54, 1.807) is 24.3 Å². The number of amides is 1. The van der Waals surface area contributed by atoms with Gasteiger partial charge in [-0.15, -0.1) is 11.8 Å². The molecule has 0 aliphatic carbocycles. The second-order valence-corrected chi connectivity index (χ2v) is 4.97. The van der Waals surface area contributed by atoms with Crippen LogP contribution in [0.1, 0.15) is 0 Å². The minimum absolute atomic E-state index is 0.182. The van der Waals surface area contributed by atoms with Gasteiger partial charge < -0.3 is 11.1 Å². The summed E-state index contributed by atoms with van der Waals surface area (Å²) >= 11 is 1.38. The van der Waals surface area contributed by atoms with Crippen LogP contribution in [-0.4, -0.2) is 11.7 Å². The molecule has 3 nitrogen and oxygen atoms in total. The zero-order valence-electron chi connectivity index (χ0n) is 10.1. The third kappa shape index (κ3) is 4.30. The largest absolute Gasteiger partial charge is 0.399 e. The third-order valence-corrected chi connectivity index (χ3v) is 3.33. The lowest BCUT2D eigenvalue weighted by atomic mass is 10.3. The summed E-state index contributed by atoms with van der Waals surface area (Å²) in [7, 11) is 0. The second-order valence-electron chi connectivity index (χ2n) is 3.92. The van der Waals surface area contributed by atoms with Gasteiger partial charge in [0.1, 0.15) is 5.82 Å². The SMILES string of the molecule is Nc1cccc(SCC(=O)Nc2cccc(F)c2)c1. The van der Waals surface area contributed by atoms with Crippen molar-refractivity contribution in [1.29, 1.82) is 0 Å². The van der Waals surface area contributed by atoms with Gasteiger partial charge in [-0.05, 0) is 36.4 Å². The maximum atomic E-state index is 12.9. The highest BCUT2D eigenvalue weighted by Crippen LogP contribution is 2.20. The number of carbonyl (C=O) groups excluding carboxylic acids is 1. The van der Waals surface area contributed by atoms with Crippen molar-refractivity contribution in [2.24, 2.45) is 0 Å². The van der Waals surface area contributed by atoms with Crippen LogP contribution in [0.25, 0.3) is 0 Å². The number of benzene rings is 2. The van der Waals surface area contributed by atoms with E-state index in [4.69, 9.17) is 5.73 Å². The molecule has 0 heterocycles. The van der Waals surface area contributed by atoms with Crippen LogP contribution >= 0.6 is 11.8 Å². The van der Waals surface area contributed by atoms with Crippen LogP contribution in [0.5, 0.6) is 0 Å². The Morgan fingerprint density at radius 1 is 1.21 bits per heavy atom. The summed E-state index contributed by atoms with van der Waals surface area (Å²) in [6.07, 6.45) is 0. The quantitative estimate of drug-likeness (QED) is 0.666. The summed E-state index contributed by atoms with van der Waals surface area (Å²) < 4.78 is 12.9. The number of hydrogen-bond acceptors (Lipinski definition) is 3. The summed E-state index contributed by atoms with van der Waals surface area (Å²) in [4.78, 5) is 12.6. The Hall–Kier alpha value is -2.01. The summed E-state index contributed by atoms with van der Waals surface area (Å²) in [5.74, 6) is -0.306. The summed E-state index contributed by atoms with van der Waals surface area (Å²) in [5.41, 5.74) is 6.77. The van der Waals surface area contributed by atoms with Gasteiger partial charge in [-0.25, -0.2) is 4.39 Å². The molecule has 0 radical (unpaired) electrons. The lowest BCUT2D eigenvalue weighted by Crippen LogP contribution is -2.14. The first-order valence-electron chi connectivity index (χ1n) is 5.67. The fourth-order valence-electron chi connectivity index (χ4n) is 1.52. The zero-order chi connectivity index (χ0) is 13.7. The molecule has 0 bridgehead atoms. The number of hydrogen-bond donors (Lipinski definition) is 2.